The molecule has 1 aliphatic heterocycles. The van der Waals surface area contributed by atoms with Crippen LogP contribution in [0.5, 0.6) is 0 Å². The van der Waals surface area contributed by atoms with Crippen LogP contribution in [-0.2, 0) is 11.2 Å². The first-order valence-electron chi connectivity index (χ1n) is 6.45. The Morgan fingerprint density at radius 2 is 1.82 bits per heavy atom. The quantitative estimate of drug-likeness (QED) is 0.741. The van der Waals surface area contributed by atoms with Gasteiger partial charge in [0.2, 0.25) is 0 Å². The summed E-state index contributed by atoms with van der Waals surface area (Å²) in [6.07, 6.45) is 2.57. The van der Waals surface area contributed by atoms with Gasteiger partial charge in [-0.2, -0.15) is 0 Å². The van der Waals surface area contributed by atoms with Crippen molar-refractivity contribution in [2.75, 3.05) is 6.54 Å². The molecule has 0 atom stereocenters. The molecule has 0 spiro atoms. The fourth-order valence-corrected chi connectivity index (χ4v) is 2.48. The lowest BCUT2D eigenvalue weighted by molar-refractivity contribution is -0.113. The van der Waals surface area contributed by atoms with E-state index in [0.717, 1.165) is 36.2 Å². The average molecular weight is 229 g/mol. The lowest BCUT2D eigenvalue weighted by Crippen LogP contribution is -2.13. The fourth-order valence-electron chi connectivity index (χ4n) is 2.48. The Morgan fingerprint density at radius 1 is 1.06 bits per heavy atom. The number of hydrogen-bond donors (Lipinski definition) is 1. The van der Waals surface area contributed by atoms with Crippen molar-refractivity contribution in [1.29, 1.82) is 0 Å². The van der Waals surface area contributed by atoms with Crippen molar-refractivity contribution in [1.82, 2.24) is 5.32 Å². The third kappa shape index (κ3) is 2.12. The number of benzene rings is 1. The molecule has 1 aromatic carbocycles. The van der Waals surface area contributed by atoms with Gasteiger partial charge in [-0.1, -0.05) is 38.1 Å². The molecule has 1 aromatic rings. The minimum atomic E-state index is 0.298. The number of rotatable bonds is 0. The molecule has 1 heterocycles. The van der Waals surface area contributed by atoms with Gasteiger partial charge in [-0.15, -0.1) is 0 Å². The standard InChI is InChI=1S/C13H13NO.C2H6/c15-12-6-5-11-13(12)10-4-2-1-3-9(10)7-8-14-11;1-2/h1-4,14H,5-8H2;1-2H3. The van der Waals surface area contributed by atoms with Gasteiger partial charge in [0.05, 0.1) is 0 Å². The van der Waals surface area contributed by atoms with Crippen molar-refractivity contribution in [2.24, 2.45) is 0 Å². The van der Waals surface area contributed by atoms with E-state index in [-0.39, 0.29) is 0 Å². The Hall–Kier alpha value is -1.57. The van der Waals surface area contributed by atoms with Crippen molar-refractivity contribution >= 4 is 11.4 Å². The van der Waals surface area contributed by atoms with Gasteiger partial charge in [-0.25, -0.2) is 0 Å². The molecule has 0 unspecified atom stereocenters. The maximum atomic E-state index is 11.8. The molecule has 0 aromatic heterocycles. The van der Waals surface area contributed by atoms with E-state index in [9.17, 15) is 4.79 Å². The number of allylic oxidation sites excluding steroid dienone is 2. The van der Waals surface area contributed by atoms with E-state index < -0.39 is 0 Å². The minimum Gasteiger partial charge on any atom is -0.387 e. The van der Waals surface area contributed by atoms with Gasteiger partial charge in [0.25, 0.3) is 0 Å². The summed E-state index contributed by atoms with van der Waals surface area (Å²) in [5.74, 6) is 0.298. The van der Waals surface area contributed by atoms with Gasteiger partial charge in [-0.3, -0.25) is 4.79 Å². The Kier molecular flexibility index (Phi) is 3.62. The zero-order valence-corrected chi connectivity index (χ0v) is 10.5. The number of hydrogen-bond acceptors (Lipinski definition) is 2. The summed E-state index contributed by atoms with van der Waals surface area (Å²) in [4.78, 5) is 11.8. The van der Waals surface area contributed by atoms with Crippen LogP contribution in [0.1, 0.15) is 37.8 Å². The van der Waals surface area contributed by atoms with Crippen molar-refractivity contribution in [3.8, 4) is 0 Å². The topological polar surface area (TPSA) is 29.1 Å². The summed E-state index contributed by atoms with van der Waals surface area (Å²) in [6, 6.07) is 8.25. The zero-order chi connectivity index (χ0) is 12.3. The van der Waals surface area contributed by atoms with Crippen LogP contribution < -0.4 is 5.32 Å². The van der Waals surface area contributed by atoms with E-state index in [1.54, 1.807) is 0 Å². The van der Waals surface area contributed by atoms with Crippen LogP contribution in [0.15, 0.2) is 30.0 Å². The highest BCUT2D eigenvalue weighted by molar-refractivity contribution is 6.24. The predicted octanol–water partition coefficient (Wildman–Crippen LogP) is 2.93. The third-order valence-corrected chi connectivity index (χ3v) is 3.20. The summed E-state index contributed by atoms with van der Waals surface area (Å²) in [5, 5.41) is 3.38. The van der Waals surface area contributed by atoms with Crippen molar-refractivity contribution < 1.29 is 4.79 Å². The van der Waals surface area contributed by atoms with Crippen LogP contribution in [0.25, 0.3) is 5.57 Å². The Morgan fingerprint density at radius 3 is 2.65 bits per heavy atom. The van der Waals surface area contributed by atoms with Crippen molar-refractivity contribution in [2.45, 2.75) is 33.1 Å². The zero-order valence-electron chi connectivity index (χ0n) is 10.5. The first-order valence-corrected chi connectivity index (χ1v) is 6.45. The van der Waals surface area contributed by atoms with Crippen molar-refractivity contribution in [3.05, 3.63) is 41.1 Å². The molecular formula is C15H19NO. The minimum absolute atomic E-state index is 0.298. The van der Waals surface area contributed by atoms with Gasteiger partial charge in [0, 0.05) is 24.2 Å². The number of carbonyl (C=O) groups is 1. The summed E-state index contributed by atoms with van der Waals surface area (Å²) < 4.78 is 0. The summed E-state index contributed by atoms with van der Waals surface area (Å²) in [5.41, 5.74) is 4.55. The molecule has 0 amide bonds. The Labute approximate surface area is 103 Å². The molecule has 2 nitrogen and oxygen atoms in total. The second-order valence-electron chi connectivity index (χ2n) is 4.11. The molecule has 1 aliphatic carbocycles. The van der Waals surface area contributed by atoms with E-state index in [2.05, 4.69) is 17.4 Å². The van der Waals surface area contributed by atoms with E-state index >= 15 is 0 Å². The number of Topliss-reactive ketones (excluding diaryl/α,β-unsaturated/α-hetero) is 1. The molecule has 0 saturated carbocycles. The summed E-state index contributed by atoms with van der Waals surface area (Å²) in [7, 11) is 0. The second kappa shape index (κ2) is 5.17. The maximum Gasteiger partial charge on any atom is 0.165 e. The van der Waals surface area contributed by atoms with Crippen LogP contribution in [0, 0.1) is 0 Å². The second-order valence-corrected chi connectivity index (χ2v) is 4.11. The van der Waals surface area contributed by atoms with Crippen molar-refractivity contribution in [3.63, 3.8) is 0 Å². The number of nitrogens with one attached hydrogen (secondary N) is 1. The normalized spacial score (nSPS) is 17.4. The largest absolute Gasteiger partial charge is 0.387 e. The third-order valence-electron chi connectivity index (χ3n) is 3.20. The highest BCUT2D eigenvalue weighted by Gasteiger charge is 2.27. The van der Waals surface area contributed by atoms with Crippen LogP contribution in [0.3, 0.4) is 0 Å². The average Bonchev–Trinajstić information content (AvgIpc) is 2.64. The molecule has 1 N–H and O–H groups in total. The van der Waals surface area contributed by atoms with E-state index in [1.165, 1.54) is 5.56 Å². The first kappa shape index (κ1) is 11.9. The molecule has 3 rings (SSSR count). The van der Waals surface area contributed by atoms with E-state index in [0.29, 0.717) is 12.2 Å². The number of fused-ring (bicyclic) bond motifs is 2. The van der Waals surface area contributed by atoms with Crippen LogP contribution in [0.2, 0.25) is 0 Å². The summed E-state index contributed by atoms with van der Waals surface area (Å²) in [6.45, 7) is 4.95. The molecule has 2 aliphatic rings. The van der Waals surface area contributed by atoms with E-state index in [4.69, 9.17) is 0 Å². The number of ketones is 1. The molecule has 0 bridgehead atoms. The number of carbonyl (C=O) groups excluding carboxylic acids is 1. The molecular weight excluding hydrogens is 210 g/mol. The fraction of sp³-hybridized carbons (Fsp3) is 0.400. The molecule has 90 valence electrons. The van der Waals surface area contributed by atoms with Crippen LogP contribution in [-0.4, -0.2) is 12.3 Å². The van der Waals surface area contributed by atoms with Gasteiger partial charge in [0.15, 0.2) is 5.78 Å². The smallest absolute Gasteiger partial charge is 0.165 e. The molecule has 0 fully saturated rings. The Balaban J connectivity index is 0.000000514. The highest BCUT2D eigenvalue weighted by atomic mass is 16.1. The van der Waals surface area contributed by atoms with E-state index in [1.807, 2.05) is 26.0 Å². The lowest BCUT2D eigenvalue weighted by Gasteiger charge is -2.06. The lowest BCUT2D eigenvalue weighted by atomic mass is 9.97. The Bertz CT molecular complexity index is 460. The SMILES string of the molecule is CC.O=C1CCC2=C1c1ccccc1CCN2. The van der Waals surface area contributed by atoms with Gasteiger partial charge < -0.3 is 5.32 Å². The van der Waals surface area contributed by atoms with Crippen LogP contribution in [0.4, 0.5) is 0 Å². The molecule has 2 heteroatoms. The molecule has 17 heavy (non-hydrogen) atoms. The monoisotopic (exact) mass is 229 g/mol. The molecule has 0 saturated heterocycles. The van der Waals surface area contributed by atoms with Gasteiger partial charge in [-0.05, 0) is 24.0 Å². The predicted molar refractivity (Wildman–Crippen MR) is 70.7 cm³/mol. The van der Waals surface area contributed by atoms with Crippen LogP contribution >= 0.6 is 0 Å². The maximum absolute atomic E-state index is 11.8. The van der Waals surface area contributed by atoms with Gasteiger partial charge >= 0.3 is 0 Å². The molecule has 0 radical (unpaired) electrons. The van der Waals surface area contributed by atoms with Gasteiger partial charge in [0.1, 0.15) is 0 Å². The first-order chi connectivity index (χ1) is 8.36. The summed E-state index contributed by atoms with van der Waals surface area (Å²) >= 11 is 0. The highest BCUT2D eigenvalue weighted by Crippen LogP contribution is 2.33.